The normalized spacial score (nSPS) is 12.0. The van der Waals surface area contributed by atoms with Gasteiger partial charge in [0.05, 0.1) is 5.56 Å². The first-order valence-electron chi connectivity index (χ1n) is 5.89. The second kappa shape index (κ2) is 5.80. The van der Waals surface area contributed by atoms with Crippen LogP contribution in [0.1, 0.15) is 15.9 Å². The van der Waals surface area contributed by atoms with E-state index in [1.54, 1.807) is 0 Å². The molecule has 0 unspecified atom stereocenters. The van der Waals surface area contributed by atoms with Gasteiger partial charge in [0.25, 0.3) is 0 Å². The van der Waals surface area contributed by atoms with Gasteiger partial charge in [-0.1, -0.05) is 18.2 Å². The fourth-order valence-electron chi connectivity index (χ4n) is 1.64. The van der Waals surface area contributed by atoms with Crippen molar-refractivity contribution in [1.82, 2.24) is 0 Å². The molecule has 0 aromatic heterocycles. The van der Waals surface area contributed by atoms with Gasteiger partial charge in [-0.3, -0.25) is 4.79 Å². The molecule has 2 rings (SSSR count). The number of hydrogen-bond donors (Lipinski definition) is 0. The Hall–Kier alpha value is -2.35. The second-order valence-electron chi connectivity index (χ2n) is 4.25. The van der Waals surface area contributed by atoms with Crippen molar-refractivity contribution in [2.45, 2.75) is 11.1 Å². The number of benzene rings is 2. The van der Waals surface area contributed by atoms with Crippen molar-refractivity contribution in [3.8, 4) is 5.75 Å². The van der Waals surface area contributed by atoms with Crippen LogP contribution in [0.3, 0.4) is 0 Å². The molecule has 0 aliphatic heterocycles. The SMILES string of the molecule is O=Cc1cccc(OS(=O)(=O)c2cccc(C(F)(F)F)c2)c1. The molecule has 0 N–H and O–H groups in total. The molecule has 2 aromatic carbocycles. The van der Waals surface area contributed by atoms with Crippen LogP contribution in [0.15, 0.2) is 53.4 Å². The van der Waals surface area contributed by atoms with Crippen molar-refractivity contribution < 1.29 is 30.6 Å². The topological polar surface area (TPSA) is 60.4 Å². The molecule has 0 fully saturated rings. The molecule has 0 saturated carbocycles. The van der Waals surface area contributed by atoms with Gasteiger partial charge in [0.15, 0.2) is 0 Å². The molecular weight excluding hydrogens is 321 g/mol. The molecule has 0 aliphatic rings. The quantitative estimate of drug-likeness (QED) is 0.637. The maximum atomic E-state index is 12.6. The summed E-state index contributed by atoms with van der Waals surface area (Å²) in [5, 5.41) is 0. The van der Waals surface area contributed by atoms with Gasteiger partial charge in [-0.15, -0.1) is 0 Å². The van der Waals surface area contributed by atoms with Crippen molar-refractivity contribution in [2.24, 2.45) is 0 Å². The zero-order valence-electron chi connectivity index (χ0n) is 10.9. The fourth-order valence-corrected chi connectivity index (χ4v) is 2.61. The highest BCUT2D eigenvalue weighted by Crippen LogP contribution is 2.31. The smallest absolute Gasteiger partial charge is 0.379 e. The lowest BCUT2D eigenvalue weighted by Gasteiger charge is -2.10. The van der Waals surface area contributed by atoms with Crippen LogP contribution in [0.25, 0.3) is 0 Å². The van der Waals surface area contributed by atoms with Gasteiger partial charge >= 0.3 is 16.3 Å². The van der Waals surface area contributed by atoms with E-state index in [2.05, 4.69) is 0 Å². The highest BCUT2D eigenvalue weighted by molar-refractivity contribution is 7.87. The third-order valence-corrected chi connectivity index (χ3v) is 3.89. The number of hydrogen-bond acceptors (Lipinski definition) is 4. The molecule has 0 atom stereocenters. The number of carbonyl (C=O) groups excluding carboxylic acids is 1. The predicted molar refractivity (Wildman–Crippen MR) is 71.1 cm³/mol. The maximum absolute atomic E-state index is 12.6. The molecule has 0 saturated heterocycles. The standard InChI is InChI=1S/C14H9F3O4S/c15-14(16,17)11-4-2-6-13(8-11)22(19,20)21-12-5-1-3-10(7-12)9-18/h1-9H. The predicted octanol–water partition coefficient (Wildman–Crippen LogP) is 3.29. The van der Waals surface area contributed by atoms with E-state index in [0.717, 1.165) is 24.3 Å². The van der Waals surface area contributed by atoms with Crippen molar-refractivity contribution in [3.05, 3.63) is 59.7 Å². The van der Waals surface area contributed by atoms with Gasteiger partial charge in [-0.05, 0) is 30.3 Å². The lowest BCUT2D eigenvalue weighted by molar-refractivity contribution is -0.137. The van der Waals surface area contributed by atoms with Crippen LogP contribution in [0.5, 0.6) is 5.75 Å². The fraction of sp³-hybridized carbons (Fsp3) is 0.0714. The van der Waals surface area contributed by atoms with Gasteiger partial charge in [-0.25, -0.2) is 0 Å². The van der Waals surface area contributed by atoms with Crippen LogP contribution in [-0.4, -0.2) is 14.7 Å². The molecule has 8 heteroatoms. The monoisotopic (exact) mass is 330 g/mol. The van der Waals surface area contributed by atoms with E-state index in [9.17, 15) is 26.4 Å². The van der Waals surface area contributed by atoms with E-state index < -0.39 is 26.8 Å². The van der Waals surface area contributed by atoms with E-state index in [1.807, 2.05) is 0 Å². The summed E-state index contributed by atoms with van der Waals surface area (Å²) < 4.78 is 66.6. The van der Waals surface area contributed by atoms with Crippen LogP contribution < -0.4 is 4.18 Å². The number of halogens is 3. The summed E-state index contributed by atoms with van der Waals surface area (Å²) in [5.74, 6) is -0.165. The third-order valence-electron chi connectivity index (χ3n) is 2.65. The molecule has 0 aliphatic carbocycles. The Balaban J connectivity index is 2.36. The lowest BCUT2D eigenvalue weighted by atomic mass is 10.2. The minimum atomic E-state index is -4.66. The Labute approximate surface area is 124 Å². The van der Waals surface area contributed by atoms with Gasteiger partial charge < -0.3 is 4.18 Å². The van der Waals surface area contributed by atoms with Gasteiger partial charge in [0, 0.05) is 5.56 Å². The molecule has 0 heterocycles. The first-order valence-corrected chi connectivity index (χ1v) is 7.30. The number of alkyl halides is 3. The average molecular weight is 330 g/mol. The van der Waals surface area contributed by atoms with Gasteiger partial charge in [0.1, 0.15) is 16.9 Å². The molecule has 4 nitrogen and oxygen atoms in total. The molecule has 0 amide bonds. The minimum absolute atomic E-state index is 0.165. The average Bonchev–Trinajstić information content (AvgIpc) is 2.46. The molecule has 0 radical (unpaired) electrons. The van der Waals surface area contributed by atoms with Crippen LogP contribution in [0.2, 0.25) is 0 Å². The summed E-state index contributed by atoms with van der Waals surface area (Å²) in [6.07, 6.45) is -4.17. The first-order chi connectivity index (χ1) is 10.2. The summed E-state index contributed by atoms with van der Waals surface area (Å²) >= 11 is 0. The summed E-state index contributed by atoms with van der Waals surface area (Å²) in [7, 11) is -4.44. The van der Waals surface area contributed by atoms with Crippen molar-refractivity contribution >= 4 is 16.4 Å². The van der Waals surface area contributed by atoms with Crippen LogP contribution in [0.4, 0.5) is 13.2 Å². The Bertz CT molecular complexity index is 798. The summed E-state index contributed by atoms with van der Waals surface area (Å²) in [5.41, 5.74) is -0.921. The van der Waals surface area contributed by atoms with E-state index in [4.69, 9.17) is 4.18 Å². The van der Waals surface area contributed by atoms with Crippen molar-refractivity contribution in [3.63, 3.8) is 0 Å². The van der Waals surface area contributed by atoms with E-state index in [1.165, 1.54) is 18.2 Å². The second-order valence-corrected chi connectivity index (χ2v) is 5.80. The molecular formula is C14H9F3O4S. The summed E-state index contributed by atoms with van der Waals surface area (Å²) in [4.78, 5) is 9.99. The van der Waals surface area contributed by atoms with E-state index in [-0.39, 0.29) is 11.3 Å². The lowest BCUT2D eigenvalue weighted by Crippen LogP contribution is -2.12. The van der Waals surface area contributed by atoms with Crippen molar-refractivity contribution in [1.29, 1.82) is 0 Å². The summed E-state index contributed by atoms with van der Waals surface area (Å²) in [6, 6.07) is 8.47. The van der Waals surface area contributed by atoms with Gasteiger partial charge in [0.2, 0.25) is 0 Å². The number of aldehydes is 1. The Morgan fingerprint density at radius 2 is 1.68 bits per heavy atom. The number of rotatable bonds is 4. The maximum Gasteiger partial charge on any atom is 0.416 e. The molecule has 0 bridgehead atoms. The van der Waals surface area contributed by atoms with Crippen molar-refractivity contribution in [2.75, 3.05) is 0 Å². The zero-order valence-corrected chi connectivity index (χ0v) is 11.7. The largest absolute Gasteiger partial charge is 0.416 e. The molecule has 22 heavy (non-hydrogen) atoms. The van der Waals surface area contributed by atoms with Gasteiger partial charge in [-0.2, -0.15) is 21.6 Å². The molecule has 0 spiro atoms. The Kier molecular flexibility index (Phi) is 4.23. The zero-order chi connectivity index (χ0) is 16.4. The van der Waals surface area contributed by atoms with E-state index in [0.29, 0.717) is 12.4 Å². The summed E-state index contributed by atoms with van der Waals surface area (Å²) in [6.45, 7) is 0. The van der Waals surface area contributed by atoms with Crippen LogP contribution in [0, 0.1) is 0 Å². The highest BCUT2D eigenvalue weighted by atomic mass is 32.2. The molecule has 116 valence electrons. The third kappa shape index (κ3) is 3.64. The van der Waals surface area contributed by atoms with E-state index >= 15 is 0 Å². The minimum Gasteiger partial charge on any atom is -0.379 e. The Morgan fingerprint density at radius 3 is 2.32 bits per heavy atom. The molecule has 2 aromatic rings. The van der Waals surface area contributed by atoms with Crippen LogP contribution in [-0.2, 0) is 16.3 Å². The highest BCUT2D eigenvalue weighted by Gasteiger charge is 2.32. The Morgan fingerprint density at radius 1 is 1.00 bits per heavy atom. The van der Waals surface area contributed by atoms with Crippen LogP contribution >= 0.6 is 0 Å². The number of carbonyl (C=O) groups is 1. The first kappa shape index (κ1) is 16.0.